The molecule has 112 valence electrons. The molecule has 0 unspecified atom stereocenters. The van der Waals surface area contributed by atoms with Gasteiger partial charge in [-0.1, -0.05) is 0 Å². The van der Waals surface area contributed by atoms with Crippen molar-refractivity contribution in [3.05, 3.63) is 26.2 Å². The molecule has 2 amide bonds. The molecule has 7 heteroatoms. The summed E-state index contributed by atoms with van der Waals surface area (Å²) in [6.45, 7) is 4.87. The molecule has 0 bridgehead atoms. The van der Waals surface area contributed by atoms with Crippen LogP contribution in [0.2, 0.25) is 0 Å². The van der Waals surface area contributed by atoms with Crippen LogP contribution >= 0.6 is 34.4 Å². The van der Waals surface area contributed by atoms with Gasteiger partial charge in [-0.05, 0) is 72.0 Å². The molecule has 0 radical (unpaired) electrons. The molecule has 0 aliphatic carbocycles. The number of imide groups is 1. The molecule has 0 aromatic heterocycles. The van der Waals surface area contributed by atoms with E-state index in [9.17, 15) is 9.59 Å². The van der Waals surface area contributed by atoms with E-state index in [2.05, 4.69) is 27.9 Å². The Morgan fingerprint density at radius 1 is 1.24 bits per heavy atom. The molecule has 1 aromatic carbocycles. The summed E-state index contributed by atoms with van der Waals surface area (Å²) < 4.78 is 12.1. The molecule has 1 aliphatic heterocycles. The number of thioether (sulfide) groups is 1. The zero-order valence-electron chi connectivity index (χ0n) is 11.6. The van der Waals surface area contributed by atoms with E-state index in [1.165, 1.54) is 0 Å². The van der Waals surface area contributed by atoms with Gasteiger partial charge in [0.25, 0.3) is 11.1 Å². The molecule has 0 spiro atoms. The monoisotopic (exact) mass is 419 g/mol. The van der Waals surface area contributed by atoms with Crippen molar-refractivity contribution in [1.29, 1.82) is 0 Å². The Balaban J connectivity index is 2.39. The van der Waals surface area contributed by atoms with Gasteiger partial charge in [0, 0.05) is 0 Å². The van der Waals surface area contributed by atoms with E-state index in [1.807, 2.05) is 19.9 Å². The molecule has 1 saturated heterocycles. The van der Waals surface area contributed by atoms with Crippen molar-refractivity contribution < 1.29 is 19.1 Å². The first-order chi connectivity index (χ1) is 10.0. The molecular formula is C14H14INO4S. The summed E-state index contributed by atoms with van der Waals surface area (Å²) in [5.41, 5.74) is 0.790. The van der Waals surface area contributed by atoms with Gasteiger partial charge in [-0.25, -0.2) is 0 Å². The molecule has 1 aliphatic rings. The van der Waals surface area contributed by atoms with Gasteiger partial charge in [-0.3, -0.25) is 14.9 Å². The first kappa shape index (κ1) is 16.2. The molecule has 1 fully saturated rings. The van der Waals surface area contributed by atoms with Crippen molar-refractivity contribution >= 4 is 51.6 Å². The van der Waals surface area contributed by atoms with Gasteiger partial charge in [0.15, 0.2) is 11.5 Å². The zero-order valence-corrected chi connectivity index (χ0v) is 14.5. The number of halogens is 1. The number of rotatable bonds is 5. The van der Waals surface area contributed by atoms with Crippen LogP contribution in [-0.4, -0.2) is 24.4 Å². The first-order valence-corrected chi connectivity index (χ1v) is 8.28. The molecular weight excluding hydrogens is 405 g/mol. The van der Waals surface area contributed by atoms with Gasteiger partial charge in [0.1, 0.15) is 0 Å². The van der Waals surface area contributed by atoms with E-state index in [0.717, 1.165) is 20.9 Å². The van der Waals surface area contributed by atoms with Crippen LogP contribution < -0.4 is 14.8 Å². The number of hydrogen-bond acceptors (Lipinski definition) is 5. The average Bonchev–Trinajstić information content (AvgIpc) is 2.72. The molecule has 0 saturated carbocycles. The van der Waals surface area contributed by atoms with E-state index in [-0.39, 0.29) is 11.1 Å². The van der Waals surface area contributed by atoms with Crippen LogP contribution in [0.1, 0.15) is 19.4 Å². The SMILES string of the molecule is CCOc1cc(/C=C2\SC(=O)NC2=O)cc(I)c1OCC. The highest BCUT2D eigenvalue weighted by molar-refractivity contribution is 14.1. The summed E-state index contributed by atoms with van der Waals surface area (Å²) in [5.74, 6) is 0.960. The van der Waals surface area contributed by atoms with Gasteiger partial charge in [0.05, 0.1) is 21.7 Å². The quantitative estimate of drug-likeness (QED) is 0.586. The van der Waals surface area contributed by atoms with Crippen LogP contribution in [0.15, 0.2) is 17.0 Å². The van der Waals surface area contributed by atoms with E-state index in [0.29, 0.717) is 29.6 Å². The molecule has 1 heterocycles. The lowest BCUT2D eigenvalue weighted by Crippen LogP contribution is -2.17. The maximum absolute atomic E-state index is 11.6. The van der Waals surface area contributed by atoms with Crippen LogP contribution in [0.3, 0.4) is 0 Å². The minimum absolute atomic E-state index is 0.350. The van der Waals surface area contributed by atoms with E-state index in [4.69, 9.17) is 9.47 Å². The fourth-order valence-corrected chi connectivity index (χ4v) is 3.25. The van der Waals surface area contributed by atoms with Crippen LogP contribution in [-0.2, 0) is 4.79 Å². The summed E-state index contributed by atoms with van der Waals surface area (Å²) in [7, 11) is 0. The Bertz CT molecular complexity index is 615. The topological polar surface area (TPSA) is 64.6 Å². The zero-order chi connectivity index (χ0) is 15.4. The van der Waals surface area contributed by atoms with Gasteiger partial charge < -0.3 is 9.47 Å². The Hall–Kier alpha value is -1.22. The third-order valence-electron chi connectivity index (χ3n) is 2.56. The highest BCUT2D eigenvalue weighted by Gasteiger charge is 2.25. The largest absolute Gasteiger partial charge is 0.490 e. The first-order valence-electron chi connectivity index (χ1n) is 6.39. The second-order valence-corrected chi connectivity index (χ2v) is 6.23. The number of ether oxygens (including phenoxy) is 2. The summed E-state index contributed by atoms with van der Waals surface area (Å²) in [6, 6.07) is 3.69. The highest BCUT2D eigenvalue weighted by atomic mass is 127. The Morgan fingerprint density at radius 2 is 1.95 bits per heavy atom. The third-order valence-corrected chi connectivity index (χ3v) is 4.17. The normalized spacial score (nSPS) is 16.2. The van der Waals surface area contributed by atoms with Gasteiger partial charge >= 0.3 is 0 Å². The molecule has 1 N–H and O–H groups in total. The van der Waals surface area contributed by atoms with E-state index < -0.39 is 0 Å². The van der Waals surface area contributed by atoms with E-state index >= 15 is 0 Å². The smallest absolute Gasteiger partial charge is 0.290 e. The fraction of sp³-hybridized carbons (Fsp3) is 0.286. The number of hydrogen-bond donors (Lipinski definition) is 1. The number of carbonyl (C=O) groups excluding carboxylic acids is 2. The Morgan fingerprint density at radius 3 is 2.52 bits per heavy atom. The minimum atomic E-state index is -0.369. The lowest BCUT2D eigenvalue weighted by molar-refractivity contribution is -0.115. The van der Waals surface area contributed by atoms with Gasteiger partial charge in [-0.2, -0.15) is 0 Å². The maximum Gasteiger partial charge on any atom is 0.290 e. The minimum Gasteiger partial charge on any atom is -0.490 e. The maximum atomic E-state index is 11.6. The fourth-order valence-electron chi connectivity index (χ4n) is 1.79. The Labute approximate surface area is 140 Å². The third kappa shape index (κ3) is 3.91. The lowest BCUT2D eigenvalue weighted by Gasteiger charge is -2.13. The van der Waals surface area contributed by atoms with Crippen molar-refractivity contribution in [2.75, 3.05) is 13.2 Å². The van der Waals surface area contributed by atoms with Crippen molar-refractivity contribution in [3.63, 3.8) is 0 Å². The van der Waals surface area contributed by atoms with Crippen molar-refractivity contribution in [2.24, 2.45) is 0 Å². The molecule has 5 nitrogen and oxygen atoms in total. The number of nitrogens with one attached hydrogen (secondary N) is 1. The average molecular weight is 419 g/mol. The molecule has 21 heavy (non-hydrogen) atoms. The second kappa shape index (κ2) is 7.17. The lowest BCUT2D eigenvalue weighted by atomic mass is 10.2. The van der Waals surface area contributed by atoms with E-state index in [1.54, 1.807) is 12.1 Å². The summed E-state index contributed by atoms with van der Waals surface area (Å²) in [6.07, 6.45) is 1.67. The molecule has 1 aromatic rings. The van der Waals surface area contributed by atoms with Crippen molar-refractivity contribution in [3.8, 4) is 11.5 Å². The number of benzene rings is 1. The summed E-state index contributed by atoms with van der Waals surface area (Å²) in [5, 5.41) is 1.88. The number of amides is 2. The van der Waals surface area contributed by atoms with Crippen molar-refractivity contribution in [1.82, 2.24) is 5.32 Å². The van der Waals surface area contributed by atoms with Crippen LogP contribution in [0.5, 0.6) is 11.5 Å². The number of carbonyl (C=O) groups is 2. The van der Waals surface area contributed by atoms with Gasteiger partial charge in [0.2, 0.25) is 0 Å². The standard InChI is InChI=1S/C14H14INO4S/c1-3-19-10-6-8(5-9(15)12(10)20-4-2)7-11-13(17)16-14(18)21-11/h5-7H,3-4H2,1-2H3,(H,16,17,18)/b11-7-. The predicted octanol–water partition coefficient (Wildman–Crippen LogP) is 3.41. The molecule has 0 atom stereocenters. The summed E-state index contributed by atoms with van der Waals surface area (Å²) >= 11 is 3.06. The molecule has 2 rings (SSSR count). The summed E-state index contributed by atoms with van der Waals surface area (Å²) in [4.78, 5) is 23.1. The van der Waals surface area contributed by atoms with Gasteiger partial charge in [-0.15, -0.1) is 0 Å². The Kier molecular flexibility index (Phi) is 5.51. The van der Waals surface area contributed by atoms with Crippen LogP contribution in [0.25, 0.3) is 6.08 Å². The van der Waals surface area contributed by atoms with Crippen LogP contribution in [0.4, 0.5) is 4.79 Å². The second-order valence-electron chi connectivity index (χ2n) is 4.05. The van der Waals surface area contributed by atoms with Crippen molar-refractivity contribution in [2.45, 2.75) is 13.8 Å². The van der Waals surface area contributed by atoms with Crippen LogP contribution in [0, 0.1) is 3.57 Å². The predicted molar refractivity (Wildman–Crippen MR) is 90.6 cm³/mol. The highest BCUT2D eigenvalue weighted by Crippen LogP contribution is 2.36.